The number of rotatable bonds is 4. The number of hydrogen-bond donors (Lipinski definition) is 3. The van der Waals surface area contributed by atoms with Crippen LogP contribution < -0.4 is 30.0 Å². The largest absolute Gasteiger partial charge is 0.504 e. The van der Waals surface area contributed by atoms with Crippen molar-refractivity contribution in [3.05, 3.63) is 72.6 Å². The fourth-order valence-electron chi connectivity index (χ4n) is 3.79. The van der Waals surface area contributed by atoms with Gasteiger partial charge in [-0.2, -0.15) is 10.5 Å². The minimum Gasteiger partial charge on any atom is -0.504 e. The van der Waals surface area contributed by atoms with Gasteiger partial charge in [0.15, 0.2) is 23.0 Å². The Morgan fingerprint density at radius 1 is 1.03 bits per heavy atom. The minimum absolute atomic E-state index is 0.0366. The zero-order valence-corrected chi connectivity index (χ0v) is 18.9. The van der Waals surface area contributed by atoms with E-state index in [-0.39, 0.29) is 44.5 Å². The molecule has 1 aliphatic heterocycles. The van der Waals surface area contributed by atoms with Crippen LogP contribution in [-0.4, -0.2) is 29.0 Å². The molecule has 1 aliphatic rings. The number of nitrogens with two attached hydrogens (primary N) is 1. The summed E-state index contributed by atoms with van der Waals surface area (Å²) in [6.07, 6.45) is 1.59. The molecule has 2 aromatic carbocycles. The van der Waals surface area contributed by atoms with Crippen molar-refractivity contribution in [1.82, 2.24) is 4.57 Å². The van der Waals surface area contributed by atoms with E-state index in [1.807, 2.05) is 6.07 Å². The van der Waals surface area contributed by atoms with Gasteiger partial charge in [0.05, 0.1) is 48.0 Å². The van der Waals surface area contributed by atoms with Crippen LogP contribution in [0.2, 0.25) is 0 Å². The average molecular weight is 474 g/mol. The number of nitrogens with zero attached hydrogens (tertiary/aromatic N) is 3. The average Bonchev–Trinajstić information content (AvgIpc) is 3.16. The molecule has 0 saturated heterocycles. The predicted octanol–water partition coefficient (Wildman–Crippen LogP) is 1.29. The van der Waals surface area contributed by atoms with Crippen LogP contribution in [0.3, 0.4) is 0 Å². The van der Waals surface area contributed by atoms with Gasteiger partial charge in [0.1, 0.15) is 10.5 Å². The lowest BCUT2D eigenvalue weighted by Gasteiger charge is -2.22. The second-order valence-electron chi connectivity index (χ2n) is 7.29. The third-order valence-electron chi connectivity index (χ3n) is 5.43. The van der Waals surface area contributed by atoms with Crippen LogP contribution in [-0.2, 0) is 0 Å². The Morgan fingerprint density at radius 3 is 2.26 bits per heavy atom. The lowest BCUT2D eigenvalue weighted by Crippen LogP contribution is -2.38. The minimum atomic E-state index is -0.843. The molecule has 0 bridgehead atoms. The van der Waals surface area contributed by atoms with Gasteiger partial charge < -0.3 is 25.4 Å². The Kier molecular flexibility index (Phi) is 5.76. The van der Waals surface area contributed by atoms with Crippen molar-refractivity contribution in [1.29, 1.82) is 10.5 Å². The van der Waals surface area contributed by atoms with Crippen LogP contribution in [0.1, 0.15) is 17.0 Å². The van der Waals surface area contributed by atoms with Crippen molar-refractivity contribution in [3.63, 3.8) is 0 Å². The fourth-order valence-corrected chi connectivity index (χ4v) is 4.92. The molecule has 3 aromatic rings. The summed E-state index contributed by atoms with van der Waals surface area (Å²) < 4.78 is 12.0. The van der Waals surface area contributed by atoms with Gasteiger partial charge >= 0.3 is 0 Å². The highest BCUT2D eigenvalue weighted by Crippen LogP contribution is 2.39. The van der Waals surface area contributed by atoms with E-state index in [4.69, 9.17) is 15.2 Å². The molecule has 170 valence electrons. The molecular formula is C24H18N4O5S. The molecule has 4 rings (SSSR count). The number of nitriles is 2. The van der Waals surface area contributed by atoms with Gasteiger partial charge in [0.2, 0.25) is 0 Å². The molecule has 0 radical (unpaired) electrons. The summed E-state index contributed by atoms with van der Waals surface area (Å²) in [6.45, 7) is 0. The number of benzene rings is 2. The fraction of sp³-hybridized carbons (Fsp3) is 0.125. The zero-order chi connectivity index (χ0) is 24.6. The van der Waals surface area contributed by atoms with Gasteiger partial charge in [0, 0.05) is 0 Å². The van der Waals surface area contributed by atoms with E-state index in [1.54, 1.807) is 24.3 Å². The van der Waals surface area contributed by atoms with Crippen molar-refractivity contribution in [2.45, 2.75) is 5.92 Å². The van der Waals surface area contributed by atoms with Crippen LogP contribution >= 0.6 is 11.3 Å². The molecule has 0 spiro atoms. The first-order valence-electron chi connectivity index (χ1n) is 9.86. The lowest BCUT2D eigenvalue weighted by atomic mass is 9.84. The van der Waals surface area contributed by atoms with Gasteiger partial charge in [-0.15, -0.1) is 11.3 Å². The van der Waals surface area contributed by atoms with E-state index < -0.39 is 11.5 Å². The van der Waals surface area contributed by atoms with Crippen LogP contribution in [0.25, 0.3) is 17.5 Å². The summed E-state index contributed by atoms with van der Waals surface area (Å²) in [5, 5.41) is 39.7. The standard InChI is InChI=1S/C24H18N4O5S/c1-32-18-7-12(3-5-16(18)29)8-20-23(31)28-22(27)14(10-25)21(15(11-26)24(28)34-20)13-4-6-17(30)19(9-13)33-2/h3-9,21,29-30H,27H2,1-2H3/b20-8-/t21-/m1/s1. The summed E-state index contributed by atoms with van der Waals surface area (Å²) in [5.41, 5.74) is 7.10. The van der Waals surface area contributed by atoms with Gasteiger partial charge in [-0.05, 0) is 41.5 Å². The summed E-state index contributed by atoms with van der Waals surface area (Å²) >= 11 is 1.06. The van der Waals surface area contributed by atoms with Crippen LogP contribution in [0.4, 0.5) is 0 Å². The van der Waals surface area contributed by atoms with E-state index in [1.165, 1.54) is 37.0 Å². The highest BCUT2D eigenvalue weighted by molar-refractivity contribution is 7.07. The van der Waals surface area contributed by atoms with E-state index in [0.717, 1.165) is 11.3 Å². The van der Waals surface area contributed by atoms with Crippen LogP contribution in [0, 0.1) is 22.7 Å². The molecule has 0 fully saturated rings. The summed E-state index contributed by atoms with van der Waals surface area (Å²) in [4.78, 5) is 13.2. The summed E-state index contributed by atoms with van der Waals surface area (Å²) in [7, 11) is 2.81. The van der Waals surface area contributed by atoms with E-state index in [2.05, 4.69) is 6.07 Å². The predicted molar refractivity (Wildman–Crippen MR) is 125 cm³/mol. The maximum atomic E-state index is 13.2. The monoisotopic (exact) mass is 474 g/mol. The van der Waals surface area contributed by atoms with Gasteiger partial charge in [-0.25, -0.2) is 0 Å². The Bertz CT molecular complexity index is 1620. The second kappa shape index (κ2) is 8.70. The summed E-state index contributed by atoms with van der Waals surface area (Å²) in [5.74, 6) is -0.630. The zero-order valence-electron chi connectivity index (χ0n) is 18.1. The van der Waals surface area contributed by atoms with Crippen molar-refractivity contribution < 1.29 is 19.7 Å². The molecule has 0 unspecified atom stereocenters. The van der Waals surface area contributed by atoms with Crippen LogP contribution in [0.5, 0.6) is 23.0 Å². The molecule has 34 heavy (non-hydrogen) atoms. The van der Waals surface area contributed by atoms with Crippen molar-refractivity contribution >= 4 is 28.8 Å². The maximum Gasteiger partial charge on any atom is 0.274 e. The first kappa shape index (κ1) is 22.5. The quantitative estimate of drug-likeness (QED) is 0.511. The first-order valence-corrected chi connectivity index (χ1v) is 10.7. The van der Waals surface area contributed by atoms with Crippen molar-refractivity contribution in [2.24, 2.45) is 5.73 Å². The van der Waals surface area contributed by atoms with Crippen molar-refractivity contribution in [3.8, 4) is 35.1 Å². The normalized spacial score (nSPS) is 15.5. The number of phenolic OH excluding ortho intramolecular Hbond substituents is 2. The highest BCUT2D eigenvalue weighted by Gasteiger charge is 2.32. The molecule has 0 amide bonds. The third kappa shape index (κ3) is 3.52. The Morgan fingerprint density at radius 2 is 1.65 bits per heavy atom. The van der Waals surface area contributed by atoms with Gasteiger partial charge in [0.25, 0.3) is 5.56 Å². The molecule has 2 heterocycles. The number of phenols is 2. The van der Waals surface area contributed by atoms with Crippen LogP contribution in [0.15, 0.2) is 46.8 Å². The van der Waals surface area contributed by atoms with E-state index >= 15 is 0 Å². The first-order chi connectivity index (χ1) is 16.3. The third-order valence-corrected chi connectivity index (χ3v) is 6.54. The van der Waals surface area contributed by atoms with E-state index in [0.29, 0.717) is 15.8 Å². The number of methoxy groups -OCH3 is 2. The number of hydrogen-bond acceptors (Lipinski definition) is 9. The van der Waals surface area contributed by atoms with E-state index in [9.17, 15) is 25.5 Å². The molecule has 9 nitrogen and oxygen atoms in total. The van der Waals surface area contributed by atoms with Gasteiger partial charge in [-0.3, -0.25) is 9.36 Å². The number of allylic oxidation sites excluding steroid dienone is 1. The number of aromatic hydroxyl groups is 2. The molecular weight excluding hydrogens is 456 g/mol. The SMILES string of the molecule is COc1cc(/C=c2\sc3n(c2=O)C(N)=C(C#N)[C@@H](c2ccc(O)c(OC)c2)C=3C#N)ccc1O. The lowest BCUT2D eigenvalue weighted by molar-refractivity contribution is 0.373. The number of ether oxygens (including phenoxy) is 2. The Balaban J connectivity index is 2.02. The van der Waals surface area contributed by atoms with Gasteiger partial charge in [-0.1, -0.05) is 12.1 Å². The molecule has 1 aromatic heterocycles. The molecule has 4 N–H and O–H groups in total. The highest BCUT2D eigenvalue weighted by atomic mass is 32.1. The Hall–Kier alpha value is -4.67. The molecule has 0 saturated carbocycles. The second-order valence-corrected chi connectivity index (χ2v) is 8.32. The number of fused-ring (bicyclic) bond motifs is 1. The smallest absolute Gasteiger partial charge is 0.274 e. The summed E-state index contributed by atoms with van der Waals surface area (Å²) in [6, 6.07) is 13.3. The Labute approximate surface area is 197 Å². The molecule has 0 aliphatic carbocycles. The molecule has 10 heteroatoms. The van der Waals surface area contributed by atoms with Crippen molar-refractivity contribution in [2.75, 3.05) is 14.2 Å². The number of thiazole rings is 1. The topological polar surface area (TPSA) is 155 Å². The molecule has 1 atom stereocenters. The number of aromatic nitrogens is 1. The maximum absolute atomic E-state index is 13.2.